The highest BCUT2D eigenvalue weighted by Gasteiger charge is 2.55. The van der Waals surface area contributed by atoms with Crippen LogP contribution in [0.3, 0.4) is 0 Å². The Morgan fingerprint density at radius 3 is 2.50 bits per heavy atom. The Balaban J connectivity index is 1.94. The maximum atomic E-state index is 8.15. The van der Waals surface area contributed by atoms with E-state index >= 15 is 0 Å². The van der Waals surface area contributed by atoms with Crippen LogP contribution in [-0.2, 0) is 0 Å². The first-order valence-electron chi connectivity index (χ1n) is 7.86. The maximum absolute atomic E-state index is 8.15. The predicted molar refractivity (Wildman–Crippen MR) is 68.2 cm³/mol. The molecule has 2 bridgehead atoms. The lowest BCUT2D eigenvalue weighted by molar-refractivity contribution is 0.128. The third kappa shape index (κ3) is 1.33. The highest BCUT2D eigenvalue weighted by Crippen LogP contribution is 2.55. The van der Waals surface area contributed by atoms with Gasteiger partial charge in [-0.1, -0.05) is 26.0 Å². The molecule has 0 N–H and O–H groups in total. The fraction of sp³-hybridized carbons (Fsp3) is 0.867. The monoisotopic (exact) mass is 221 g/mol. The van der Waals surface area contributed by atoms with Gasteiger partial charge in [0.05, 0.1) is 2.74 Å². The lowest BCUT2D eigenvalue weighted by Gasteiger charge is -2.35. The molecule has 0 aromatic rings. The van der Waals surface area contributed by atoms with Gasteiger partial charge in [0.25, 0.3) is 0 Å². The molecule has 1 nitrogen and oxygen atoms in total. The number of rotatable bonds is 2. The minimum atomic E-state index is 0.392. The highest BCUT2D eigenvalue weighted by molar-refractivity contribution is 5.19. The Morgan fingerprint density at radius 1 is 1.19 bits per heavy atom. The van der Waals surface area contributed by atoms with E-state index in [2.05, 4.69) is 32.6 Å². The van der Waals surface area contributed by atoms with Crippen molar-refractivity contribution in [1.82, 2.24) is 4.90 Å². The van der Waals surface area contributed by atoms with Crippen LogP contribution in [0.2, 0.25) is 0 Å². The van der Waals surface area contributed by atoms with Gasteiger partial charge in [0.1, 0.15) is 0 Å². The standard InChI is InChI=1S/C15H25N/c1-9(2)15-14-12-6-5-11(7-12)13(14)8-16(15)10(3)4/h5-6,9-15H,7-8H2,1-4H3/i5D,6D. The lowest BCUT2D eigenvalue weighted by Crippen LogP contribution is -2.42. The second-order valence-electron chi connectivity index (χ2n) is 6.50. The zero-order valence-corrected chi connectivity index (χ0v) is 10.9. The average molecular weight is 221 g/mol. The van der Waals surface area contributed by atoms with Crippen LogP contribution in [0.5, 0.6) is 0 Å². The Kier molecular flexibility index (Phi) is 1.96. The van der Waals surface area contributed by atoms with Crippen molar-refractivity contribution in [3.05, 3.63) is 12.1 Å². The molecule has 1 saturated heterocycles. The van der Waals surface area contributed by atoms with Gasteiger partial charge >= 0.3 is 0 Å². The van der Waals surface area contributed by atoms with Crippen LogP contribution >= 0.6 is 0 Å². The van der Waals surface area contributed by atoms with Crippen LogP contribution in [0.1, 0.15) is 36.9 Å². The van der Waals surface area contributed by atoms with E-state index in [1.165, 1.54) is 0 Å². The minimum absolute atomic E-state index is 0.392. The third-order valence-corrected chi connectivity index (χ3v) is 4.98. The topological polar surface area (TPSA) is 3.24 Å². The molecule has 0 radical (unpaired) electrons. The summed E-state index contributed by atoms with van der Waals surface area (Å²) < 4.78 is 16.3. The van der Waals surface area contributed by atoms with Crippen LogP contribution in [0.25, 0.3) is 0 Å². The summed E-state index contributed by atoms with van der Waals surface area (Å²) in [6.07, 6.45) is 1.10. The summed E-state index contributed by atoms with van der Waals surface area (Å²) >= 11 is 0. The molecular weight excluding hydrogens is 194 g/mol. The summed E-state index contributed by atoms with van der Waals surface area (Å²) in [4.78, 5) is 2.64. The molecule has 1 heterocycles. The van der Waals surface area contributed by atoms with Crippen LogP contribution in [0, 0.1) is 29.6 Å². The number of fused-ring (bicyclic) bond motifs is 5. The van der Waals surface area contributed by atoms with E-state index in [4.69, 9.17) is 2.74 Å². The smallest absolute Gasteiger partial charge is 0.0576 e. The molecule has 0 aromatic carbocycles. The summed E-state index contributed by atoms with van der Waals surface area (Å²) in [5, 5.41) is 0. The molecule has 16 heavy (non-hydrogen) atoms. The summed E-state index contributed by atoms with van der Waals surface area (Å²) in [7, 11) is 0. The van der Waals surface area contributed by atoms with Gasteiger partial charge in [0.15, 0.2) is 0 Å². The molecule has 0 amide bonds. The summed E-state index contributed by atoms with van der Waals surface area (Å²) in [5.74, 6) is 2.76. The molecule has 5 unspecified atom stereocenters. The van der Waals surface area contributed by atoms with E-state index < -0.39 is 0 Å². The first-order valence-corrected chi connectivity index (χ1v) is 6.86. The van der Waals surface area contributed by atoms with Crippen molar-refractivity contribution in [1.29, 1.82) is 0 Å². The lowest BCUT2D eigenvalue weighted by atomic mass is 9.78. The van der Waals surface area contributed by atoms with Gasteiger partial charge in [0.2, 0.25) is 0 Å². The fourth-order valence-corrected chi connectivity index (χ4v) is 4.42. The predicted octanol–water partition coefficient (Wildman–Crippen LogP) is 3.17. The number of hydrogen-bond donors (Lipinski definition) is 0. The highest BCUT2D eigenvalue weighted by atomic mass is 15.2. The number of likely N-dealkylation sites (tertiary alicyclic amines) is 1. The molecular formula is C15H25N. The fourth-order valence-electron chi connectivity index (χ4n) is 4.42. The van der Waals surface area contributed by atoms with Crippen molar-refractivity contribution < 1.29 is 2.74 Å². The number of allylic oxidation sites excluding steroid dienone is 2. The first-order chi connectivity index (χ1) is 8.43. The molecule has 2 aliphatic carbocycles. The van der Waals surface area contributed by atoms with E-state index in [9.17, 15) is 0 Å². The van der Waals surface area contributed by atoms with E-state index in [1.54, 1.807) is 0 Å². The van der Waals surface area contributed by atoms with E-state index in [1.807, 2.05) is 0 Å². The van der Waals surface area contributed by atoms with Gasteiger partial charge in [-0.2, -0.15) is 0 Å². The van der Waals surface area contributed by atoms with Crippen LogP contribution < -0.4 is 0 Å². The van der Waals surface area contributed by atoms with Crippen molar-refractivity contribution in [2.45, 2.75) is 46.2 Å². The normalized spacial score (nSPS) is 49.2. The Hall–Kier alpha value is -0.300. The van der Waals surface area contributed by atoms with Crippen molar-refractivity contribution >= 4 is 0 Å². The van der Waals surface area contributed by atoms with Crippen LogP contribution in [0.4, 0.5) is 0 Å². The summed E-state index contributed by atoms with van der Waals surface area (Å²) in [6, 6.07) is 2.54. The number of hydrogen-bond acceptors (Lipinski definition) is 1. The van der Waals surface area contributed by atoms with Gasteiger partial charge < -0.3 is 0 Å². The summed E-state index contributed by atoms with van der Waals surface area (Å²) in [5.41, 5.74) is 0. The zero-order valence-electron chi connectivity index (χ0n) is 12.9. The van der Waals surface area contributed by atoms with Gasteiger partial charge in [0, 0.05) is 18.6 Å². The molecule has 2 fully saturated rings. The molecule has 1 aliphatic heterocycles. The molecule has 90 valence electrons. The van der Waals surface area contributed by atoms with Crippen LogP contribution in [-0.4, -0.2) is 23.5 Å². The number of nitrogens with zero attached hydrogens (tertiary/aromatic N) is 1. The van der Waals surface area contributed by atoms with Gasteiger partial charge in [-0.3, -0.25) is 4.90 Å². The molecule has 0 spiro atoms. The second-order valence-corrected chi connectivity index (χ2v) is 6.50. The van der Waals surface area contributed by atoms with Gasteiger partial charge in [-0.15, -0.1) is 0 Å². The summed E-state index contributed by atoms with van der Waals surface area (Å²) in [6.45, 7) is 10.4. The quantitative estimate of drug-likeness (QED) is 0.647. The Morgan fingerprint density at radius 2 is 1.88 bits per heavy atom. The van der Waals surface area contributed by atoms with Gasteiger partial charge in [-0.05, 0) is 49.9 Å². The minimum Gasteiger partial charge on any atom is -0.297 e. The maximum Gasteiger partial charge on any atom is 0.0576 e. The third-order valence-electron chi connectivity index (χ3n) is 4.98. The molecule has 3 aliphatic rings. The molecule has 3 rings (SSSR count). The Bertz CT molecular complexity index is 388. The van der Waals surface area contributed by atoms with Crippen molar-refractivity contribution in [2.75, 3.05) is 6.54 Å². The van der Waals surface area contributed by atoms with E-state index in [0.717, 1.165) is 13.0 Å². The van der Waals surface area contributed by atoms with Crippen molar-refractivity contribution in [3.63, 3.8) is 0 Å². The SMILES string of the molecule is [2H]C1=C([2H])C2CC1C1CN(C(C)C)C(C(C)C)C21. The largest absolute Gasteiger partial charge is 0.297 e. The van der Waals surface area contributed by atoms with Gasteiger partial charge in [-0.25, -0.2) is 0 Å². The van der Waals surface area contributed by atoms with E-state index in [0.29, 0.717) is 53.8 Å². The Labute approximate surface area is 103 Å². The zero-order chi connectivity index (χ0) is 13.2. The molecule has 0 aromatic heterocycles. The second kappa shape index (κ2) is 3.60. The average Bonchev–Trinajstić information content (AvgIpc) is 2.88. The van der Waals surface area contributed by atoms with E-state index in [-0.39, 0.29) is 0 Å². The molecule has 1 heteroatoms. The molecule has 1 saturated carbocycles. The first kappa shape index (κ1) is 8.74. The van der Waals surface area contributed by atoms with Crippen LogP contribution in [0.15, 0.2) is 12.1 Å². The van der Waals surface area contributed by atoms with Crippen molar-refractivity contribution in [2.24, 2.45) is 29.6 Å². The van der Waals surface area contributed by atoms with Crippen molar-refractivity contribution in [3.8, 4) is 0 Å². The molecule has 5 atom stereocenters.